The van der Waals surface area contributed by atoms with E-state index in [1.807, 2.05) is 19.9 Å². The van der Waals surface area contributed by atoms with E-state index in [9.17, 15) is 15.0 Å². The molecule has 0 saturated carbocycles. The first kappa shape index (κ1) is 19.9. The van der Waals surface area contributed by atoms with Crippen LogP contribution in [0.2, 0.25) is 0 Å². The highest BCUT2D eigenvalue weighted by atomic mass is 16.5. The maximum atomic E-state index is 11.9. The first-order valence-corrected chi connectivity index (χ1v) is 8.23. The molecule has 1 heterocycles. The molecule has 1 aliphatic rings. The van der Waals surface area contributed by atoms with Crippen LogP contribution in [-0.4, -0.2) is 47.7 Å². The summed E-state index contributed by atoms with van der Waals surface area (Å²) in [5.74, 6) is -0.0694. The van der Waals surface area contributed by atoms with E-state index in [0.29, 0.717) is 0 Å². The van der Waals surface area contributed by atoms with Gasteiger partial charge in [0.15, 0.2) is 0 Å². The number of carbonyl (C=O) groups excluding carboxylic acids is 1. The zero-order valence-electron chi connectivity index (χ0n) is 14.6. The fourth-order valence-electron chi connectivity index (χ4n) is 2.51. The van der Waals surface area contributed by atoms with Crippen molar-refractivity contribution in [2.75, 3.05) is 13.7 Å². The minimum absolute atomic E-state index is 0.0933. The Morgan fingerprint density at radius 1 is 1.43 bits per heavy atom. The minimum Gasteiger partial charge on any atom is -0.462 e. The van der Waals surface area contributed by atoms with E-state index in [2.05, 4.69) is 0 Å². The Hall–Kier alpha value is -1.17. The predicted molar refractivity (Wildman–Crippen MR) is 88.9 cm³/mol. The maximum absolute atomic E-state index is 11.9. The van der Waals surface area contributed by atoms with Gasteiger partial charge in [0.05, 0.1) is 18.3 Å². The number of cyclic esters (lactones) is 1. The lowest BCUT2D eigenvalue weighted by atomic mass is 9.95. The van der Waals surface area contributed by atoms with Crippen LogP contribution in [-0.2, 0) is 14.3 Å². The van der Waals surface area contributed by atoms with E-state index in [0.717, 1.165) is 18.4 Å². The summed E-state index contributed by atoms with van der Waals surface area (Å²) in [6.45, 7) is 5.48. The topological polar surface area (TPSA) is 76.0 Å². The molecule has 132 valence electrons. The van der Waals surface area contributed by atoms with Crippen LogP contribution in [0.25, 0.3) is 0 Å². The third-order valence-electron chi connectivity index (χ3n) is 4.41. The van der Waals surface area contributed by atoms with Gasteiger partial charge in [-0.15, -0.1) is 0 Å². The third-order valence-corrected chi connectivity index (χ3v) is 4.41. The second-order valence-corrected chi connectivity index (χ2v) is 6.56. The number of aliphatic hydroxyl groups is 2. The number of methoxy groups -OCH3 is 1. The number of allylic oxidation sites excluding steroid dienone is 1. The van der Waals surface area contributed by atoms with Gasteiger partial charge in [-0.3, -0.25) is 4.79 Å². The molecule has 0 aromatic rings. The number of aliphatic hydroxyl groups excluding tert-OH is 1. The van der Waals surface area contributed by atoms with Crippen molar-refractivity contribution in [1.82, 2.24) is 0 Å². The molecule has 0 aliphatic carbocycles. The normalized spacial score (nSPS) is 38.1. The molecule has 0 spiro atoms. The number of hydrogen-bond acceptors (Lipinski definition) is 5. The number of ether oxygens (including phenoxy) is 2. The monoisotopic (exact) mass is 326 g/mol. The Morgan fingerprint density at radius 2 is 2.13 bits per heavy atom. The lowest BCUT2D eigenvalue weighted by molar-refractivity contribution is -0.151. The zero-order valence-corrected chi connectivity index (χ0v) is 14.6. The van der Waals surface area contributed by atoms with Crippen molar-refractivity contribution >= 4 is 5.97 Å². The van der Waals surface area contributed by atoms with Crippen molar-refractivity contribution in [2.45, 2.75) is 64.3 Å². The van der Waals surface area contributed by atoms with Gasteiger partial charge in [-0.1, -0.05) is 25.2 Å². The van der Waals surface area contributed by atoms with Gasteiger partial charge in [-0.05, 0) is 44.6 Å². The smallest absolute Gasteiger partial charge is 0.306 e. The summed E-state index contributed by atoms with van der Waals surface area (Å²) in [5.41, 5.74) is -0.358. The van der Waals surface area contributed by atoms with Crippen molar-refractivity contribution < 1.29 is 24.5 Å². The van der Waals surface area contributed by atoms with Crippen LogP contribution in [0, 0.1) is 5.92 Å². The highest BCUT2D eigenvalue weighted by Crippen LogP contribution is 2.21. The fourth-order valence-corrected chi connectivity index (χ4v) is 2.51. The second kappa shape index (κ2) is 9.21. The third kappa shape index (κ3) is 6.85. The number of rotatable bonds is 2. The van der Waals surface area contributed by atoms with Gasteiger partial charge in [0.2, 0.25) is 0 Å². The highest BCUT2D eigenvalue weighted by Gasteiger charge is 2.23. The number of esters is 1. The van der Waals surface area contributed by atoms with Gasteiger partial charge >= 0.3 is 5.97 Å². The number of hydrogen-bond donors (Lipinski definition) is 2. The lowest BCUT2D eigenvalue weighted by Crippen LogP contribution is -2.27. The second-order valence-electron chi connectivity index (χ2n) is 6.56. The average Bonchev–Trinajstić information content (AvgIpc) is 2.50. The molecular formula is C18H30O5. The molecule has 0 unspecified atom stereocenters. The van der Waals surface area contributed by atoms with Gasteiger partial charge in [0.1, 0.15) is 6.10 Å². The molecule has 4 atom stereocenters. The summed E-state index contributed by atoms with van der Waals surface area (Å²) in [7, 11) is 1.57. The predicted octanol–water partition coefficient (Wildman–Crippen LogP) is 2.37. The summed E-state index contributed by atoms with van der Waals surface area (Å²) < 4.78 is 10.8. The van der Waals surface area contributed by atoms with Crippen LogP contribution in [0.3, 0.4) is 0 Å². The fraction of sp³-hybridized carbons (Fsp3) is 0.722. The van der Waals surface area contributed by atoms with E-state index < -0.39 is 5.60 Å². The van der Waals surface area contributed by atoms with E-state index in [1.54, 1.807) is 26.2 Å². The summed E-state index contributed by atoms with van der Waals surface area (Å²) in [6, 6.07) is 0. The molecule has 2 N–H and O–H groups in total. The molecule has 0 bridgehead atoms. The van der Waals surface area contributed by atoms with Gasteiger partial charge in [-0.25, -0.2) is 0 Å². The largest absolute Gasteiger partial charge is 0.462 e. The Kier molecular flexibility index (Phi) is 7.95. The van der Waals surface area contributed by atoms with Crippen LogP contribution < -0.4 is 0 Å². The molecular weight excluding hydrogens is 296 g/mol. The summed E-state index contributed by atoms with van der Waals surface area (Å²) >= 11 is 0. The lowest BCUT2D eigenvalue weighted by Gasteiger charge is -2.24. The highest BCUT2D eigenvalue weighted by molar-refractivity contribution is 5.69. The molecule has 0 fully saturated rings. The first-order chi connectivity index (χ1) is 10.8. The van der Waals surface area contributed by atoms with Crippen molar-refractivity contribution in [2.24, 2.45) is 5.92 Å². The average molecular weight is 326 g/mol. The van der Waals surface area contributed by atoms with Crippen LogP contribution in [0.5, 0.6) is 0 Å². The zero-order chi connectivity index (χ0) is 17.5. The first-order valence-electron chi connectivity index (χ1n) is 8.23. The van der Waals surface area contributed by atoms with Crippen molar-refractivity contribution in [3.63, 3.8) is 0 Å². The molecule has 1 rings (SSSR count). The van der Waals surface area contributed by atoms with Crippen LogP contribution in [0.1, 0.15) is 46.5 Å². The van der Waals surface area contributed by atoms with Crippen molar-refractivity contribution in [3.8, 4) is 0 Å². The Balaban J connectivity index is 3.00. The van der Waals surface area contributed by atoms with E-state index in [-0.39, 0.29) is 43.5 Å². The molecule has 23 heavy (non-hydrogen) atoms. The summed E-state index contributed by atoms with van der Waals surface area (Å²) in [5, 5.41) is 19.9. The minimum atomic E-state index is -1.13. The van der Waals surface area contributed by atoms with Crippen molar-refractivity contribution in [3.05, 3.63) is 23.8 Å². The SMILES string of the molecule is CO[C@@H]1/C=C/[C@@](C)(O)CCC(=O)O[C@H](C)[C@@H](C)CC/C=C/1CO. The molecule has 5 nitrogen and oxygen atoms in total. The Morgan fingerprint density at radius 3 is 2.74 bits per heavy atom. The van der Waals surface area contributed by atoms with Gasteiger partial charge in [0, 0.05) is 13.5 Å². The maximum Gasteiger partial charge on any atom is 0.306 e. The molecule has 0 saturated heterocycles. The summed E-state index contributed by atoms with van der Waals surface area (Å²) in [6.07, 6.45) is 6.82. The Bertz CT molecular complexity index is 439. The van der Waals surface area contributed by atoms with Crippen molar-refractivity contribution in [1.29, 1.82) is 0 Å². The molecule has 0 aromatic heterocycles. The molecule has 1 aliphatic heterocycles. The van der Waals surface area contributed by atoms with E-state index in [1.165, 1.54) is 0 Å². The number of carbonyl (C=O) groups is 1. The standard InChI is InChI=1S/C18H30O5/c1-13-6-5-7-15(12-19)16(22-4)8-10-18(3,21)11-9-17(20)23-14(13)2/h7-8,10,13-14,16,19,21H,5-6,9,11-12H2,1-4H3/b10-8+,15-7+/t13-,14+,16+,18+/m0/s1. The van der Waals surface area contributed by atoms with E-state index in [4.69, 9.17) is 9.47 Å². The summed E-state index contributed by atoms with van der Waals surface area (Å²) in [4.78, 5) is 11.9. The van der Waals surface area contributed by atoms with E-state index >= 15 is 0 Å². The Labute approximate surface area is 139 Å². The van der Waals surface area contributed by atoms with Gasteiger partial charge in [0.25, 0.3) is 0 Å². The van der Waals surface area contributed by atoms with Crippen LogP contribution in [0.4, 0.5) is 0 Å². The molecule has 5 heteroatoms. The quantitative estimate of drug-likeness (QED) is 0.602. The van der Waals surface area contributed by atoms with Crippen LogP contribution >= 0.6 is 0 Å². The van der Waals surface area contributed by atoms with Crippen LogP contribution in [0.15, 0.2) is 23.8 Å². The molecule has 0 aromatic carbocycles. The van der Waals surface area contributed by atoms with Gasteiger partial charge in [-0.2, -0.15) is 0 Å². The molecule has 0 amide bonds. The van der Waals surface area contributed by atoms with Gasteiger partial charge < -0.3 is 19.7 Å². The molecule has 0 radical (unpaired) electrons.